The second-order valence-electron chi connectivity index (χ2n) is 5.81. The third kappa shape index (κ3) is 3.31. The number of rotatable bonds is 3. The van der Waals surface area contributed by atoms with Gasteiger partial charge in [-0.25, -0.2) is 0 Å². The second-order valence-corrected chi connectivity index (χ2v) is 5.81. The summed E-state index contributed by atoms with van der Waals surface area (Å²) in [7, 11) is 2.11. The summed E-state index contributed by atoms with van der Waals surface area (Å²) in [6, 6.07) is 11.3. The Morgan fingerprint density at radius 3 is 2.55 bits per heavy atom. The normalized spacial score (nSPS) is 21.1. The second kappa shape index (κ2) is 6.27. The van der Waals surface area contributed by atoms with Gasteiger partial charge in [-0.2, -0.15) is 0 Å². The van der Waals surface area contributed by atoms with E-state index in [2.05, 4.69) is 57.5 Å². The van der Waals surface area contributed by atoms with Crippen LogP contribution < -0.4 is 5.32 Å². The van der Waals surface area contributed by atoms with Crippen molar-refractivity contribution >= 4 is 5.96 Å². The van der Waals surface area contributed by atoms with Crippen LogP contribution in [0.15, 0.2) is 35.3 Å². The van der Waals surface area contributed by atoms with E-state index >= 15 is 0 Å². The first-order valence-electron chi connectivity index (χ1n) is 7.59. The summed E-state index contributed by atoms with van der Waals surface area (Å²) < 4.78 is 0. The lowest BCUT2D eigenvalue weighted by atomic mass is 10.0. The summed E-state index contributed by atoms with van der Waals surface area (Å²) in [5, 5.41) is 3.60. The summed E-state index contributed by atoms with van der Waals surface area (Å²) in [6.45, 7) is 5.41. The van der Waals surface area contributed by atoms with Gasteiger partial charge in [-0.05, 0) is 18.4 Å². The average molecular weight is 272 g/mol. The Hall–Kier alpha value is -1.55. The van der Waals surface area contributed by atoms with E-state index in [-0.39, 0.29) is 0 Å². The maximum absolute atomic E-state index is 4.52. The Labute approximate surface area is 121 Å². The lowest BCUT2D eigenvalue weighted by Gasteiger charge is -2.33. The predicted molar refractivity (Wildman–Crippen MR) is 82.8 cm³/mol. The minimum absolute atomic E-state index is 0.585. The van der Waals surface area contributed by atoms with Gasteiger partial charge in [0, 0.05) is 39.3 Å². The van der Waals surface area contributed by atoms with Crippen molar-refractivity contribution < 1.29 is 0 Å². The molecule has 1 aromatic carbocycles. The molecule has 2 aliphatic heterocycles. The zero-order valence-corrected chi connectivity index (χ0v) is 12.3. The molecule has 2 heterocycles. The molecule has 0 amide bonds. The fourth-order valence-corrected chi connectivity index (χ4v) is 2.95. The lowest BCUT2D eigenvalue weighted by molar-refractivity contribution is 0.197. The number of nitrogens with zero attached hydrogens (tertiary/aromatic N) is 3. The van der Waals surface area contributed by atoms with E-state index < -0.39 is 0 Å². The van der Waals surface area contributed by atoms with Gasteiger partial charge in [-0.15, -0.1) is 0 Å². The van der Waals surface area contributed by atoms with Crippen molar-refractivity contribution in [3.05, 3.63) is 35.9 Å². The van der Waals surface area contributed by atoms with Crippen LogP contribution in [0.4, 0.5) is 0 Å². The highest BCUT2D eigenvalue weighted by Gasteiger charge is 2.22. The van der Waals surface area contributed by atoms with Crippen molar-refractivity contribution in [1.29, 1.82) is 0 Å². The molecule has 0 unspecified atom stereocenters. The van der Waals surface area contributed by atoms with Crippen molar-refractivity contribution in [3.8, 4) is 0 Å². The van der Waals surface area contributed by atoms with E-state index in [9.17, 15) is 0 Å². The van der Waals surface area contributed by atoms with E-state index in [1.807, 2.05) is 0 Å². The molecule has 3 rings (SSSR count). The fraction of sp³-hybridized carbons (Fsp3) is 0.562. The third-order valence-corrected chi connectivity index (χ3v) is 4.23. The van der Waals surface area contributed by atoms with Crippen LogP contribution in [0.3, 0.4) is 0 Å². The van der Waals surface area contributed by atoms with Gasteiger partial charge in [0.05, 0.1) is 6.54 Å². The van der Waals surface area contributed by atoms with Crippen LogP contribution in [0.5, 0.6) is 0 Å². The number of likely N-dealkylation sites (N-methyl/N-ethyl adjacent to an activating group) is 1. The molecule has 4 heteroatoms. The zero-order valence-electron chi connectivity index (χ0n) is 12.3. The summed E-state index contributed by atoms with van der Waals surface area (Å²) in [5.74, 6) is 1.09. The molecule has 4 nitrogen and oxygen atoms in total. The molecule has 1 fully saturated rings. The third-order valence-electron chi connectivity index (χ3n) is 4.23. The Bertz CT molecular complexity index is 449. The number of likely N-dealkylation sites (tertiary alicyclic amines) is 1. The topological polar surface area (TPSA) is 30.9 Å². The highest BCUT2D eigenvalue weighted by Crippen LogP contribution is 2.14. The van der Waals surface area contributed by atoms with E-state index in [0.29, 0.717) is 6.04 Å². The van der Waals surface area contributed by atoms with Crippen LogP contribution in [0.1, 0.15) is 18.4 Å². The smallest absolute Gasteiger partial charge is 0.194 e. The van der Waals surface area contributed by atoms with Crippen LogP contribution in [0, 0.1) is 0 Å². The molecular weight excluding hydrogens is 248 g/mol. The van der Waals surface area contributed by atoms with Gasteiger partial charge in [-0.1, -0.05) is 30.3 Å². The molecule has 0 radical (unpaired) electrons. The molecule has 1 aromatic rings. The van der Waals surface area contributed by atoms with Crippen molar-refractivity contribution in [2.75, 3.05) is 33.2 Å². The van der Waals surface area contributed by atoms with Gasteiger partial charge < -0.3 is 10.2 Å². The first-order chi connectivity index (χ1) is 9.81. The van der Waals surface area contributed by atoms with E-state index in [1.54, 1.807) is 0 Å². The van der Waals surface area contributed by atoms with Crippen molar-refractivity contribution in [2.45, 2.75) is 25.4 Å². The molecule has 2 aliphatic rings. The Kier molecular flexibility index (Phi) is 4.21. The molecule has 0 aromatic heterocycles. The Morgan fingerprint density at radius 2 is 1.90 bits per heavy atom. The van der Waals surface area contributed by atoms with Gasteiger partial charge in [0.25, 0.3) is 0 Å². The summed E-state index contributed by atoms with van der Waals surface area (Å²) in [6.07, 6.45) is 2.42. The summed E-state index contributed by atoms with van der Waals surface area (Å²) in [5.41, 5.74) is 1.42. The molecule has 0 bridgehead atoms. The van der Waals surface area contributed by atoms with E-state index in [0.717, 1.165) is 25.6 Å². The molecule has 0 saturated carbocycles. The van der Waals surface area contributed by atoms with Crippen LogP contribution in [-0.4, -0.2) is 55.0 Å². The van der Waals surface area contributed by atoms with Gasteiger partial charge in [-0.3, -0.25) is 9.89 Å². The minimum Gasteiger partial charge on any atom is -0.353 e. The lowest BCUT2D eigenvalue weighted by Crippen LogP contribution is -2.47. The molecule has 0 aliphatic carbocycles. The highest BCUT2D eigenvalue weighted by molar-refractivity contribution is 5.81. The zero-order chi connectivity index (χ0) is 13.8. The molecule has 1 N–H and O–H groups in total. The highest BCUT2D eigenvalue weighted by atomic mass is 15.3. The van der Waals surface area contributed by atoms with Crippen molar-refractivity contribution in [2.24, 2.45) is 4.99 Å². The number of nitrogens with one attached hydrogen (secondary N) is 1. The summed E-state index contributed by atoms with van der Waals surface area (Å²) >= 11 is 0. The number of hydrogen-bond acceptors (Lipinski definition) is 4. The maximum Gasteiger partial charge on any atom is 0.194 e. The van der Waals surface area contributed by atoms with Crippen molar-refractivity contribution in [3.63, 3.8) is 0 Å². The van der Waals surface area contributed by atoms with E-state index in [4.69, 9.17) is 0 Å². The number of guanidine groups is 1. The molecule has 0 spiro atoms. The van der Waals surface area contributed by atoms with Crippen molar-refractivity contribution in [1.82, 2.24) is 15.1 Å². The minimum atomic E-state index is 0.585. The SMILES string of the molecule is CN1CCN=C1NC1CCN(Cc2ccccc2)CC1. The number of piperidine rings is 1. The quantitative estimate of drug-likeness (QED) is 0.905. The standard InChI is InChI=1S/C16H24N4/c1-19-12-9-17-16(19)18-15-7-10-20(11-8-15)13-14-5-3-2-4-6-14/h2-6,15H,7-13H2,1H3,(H,17,18). The van der Waals surface area contributed by atoms with Gasteiger partial charge in [0.2, 0.25) is 0 Å². The molecule has 20 heavy (non-hydrogen) atoms. The van der Waals surface area contributed by atoms with Gasteiger partial charge >= 0.3 is 0 Å². The number of benzene rings is 1. The van der Waals surface area contributed by atoms with Crippen LogP contribution in [-0.2, 0) is 6.54 Å². The van der Waals surface area contributed by atoms with Crippen LogP contribution >= 0.6 is 0 Å². The number of hydrogen-bond donors (Lipinski definition) is 1. The van der Waals surface area contributed by atoms with Gasteiger partial charge in [0.1, 0.15) is 0 Å². The molecule has 0 atom stereocenters. The first-order valence-corrected chi connectivity index (χ1v) is 7.59. The average Bonchev–Trinajstić information content (AvgIpc) is 2.88. The maximum atomic E-state index is 4.52. The van der Waals surface area contributed by atoms with Gasteiger partial charge in [0.15, 0.2) is 5.96 Å². The fourth-order valence-electron chi connectivity index (χ4n) is 2.95. The Morgan fingerprint density at radius 1 is 1.15 bits per heavy atom. The predicted octanol–water partition coefficient (Wildman–Crippen LogP) is 1.54. The van der Waals surface area contributed by atoms with E-state index in [1.165, 1.54) is 31.5 Å². The molecule has 1 saturated heterocycles. The molecular formula is C16H24N4. The summed E-state index contributed by atoms with van der Waals surface area (Å²) in [4.78, 5) is 9.28. The van der Waals surface area contributed by atoms with Crippen LogP contribution in [0.25, 0.3) is 0 Å². The number of aliphatic imine (C=N–C) groups is 1. The van der Waals surface area contributed by atoms with Crippen LogP contribution in [0.2, 0.25) is 0 Å². The Balaban J connectivity index is 1.45. The first kappa shape index (κ1) is 13.4. The molecule has 108 valence electrons. The monoisotopic (exact) mass is 272 g/mol. The largest absolute Gasteiger partial charge is 0.353 e.